The van der Waals surface area contributed by atoms with Crippen molar-refractivity contribution in [2.24, 2.45) is 0 Å². The Morgan fingerprint density at radius 3 is 2.65 bits per heavy atom. The Bertz CT molecular complexity index is 1140. The fourth-order valence-corrected chi connectivity index (χ4v) is 4.86. The van der Waals surface area contributed by atoms with Gasteiger partial charge in [0.1, 0.15) is 23.9 Å². The van der Waals surface area contributed by atoms with Crippen molar-refractivity contribution in [3.8, 4) is 11.5 Å². The van der Waals surface area contributed by atoms with Gasteiger partial charge >= 0.3 is 0 Å². The molecule has 2 fully saturated rings. The van der Waals surface area contributed by atoms with Crippen LogP contribution in [0.4, 0.5) is 5.69 Å². The maximum atomic E-state index is 13.3. The first-order chi connectivity index (χ1) is 16.5. The smallest absolute Gasteiger partial charge is 0.295 e. The number of amides is 1. The summed E-state index contributed by atoms with van der Waals surface area (Å²) in [5, 5.41) is 11.4. The van der Waals surface area contributed by atoms with Gasteiger partial charge in [0.2, 0.25) is 0 Å². The molecule has 1 amide bonds. The monoisotopic (exact) mass is 464 g/mol. The summed E-state index contributed by atoms with van der Waals surface area (Å²) in [7, 11) is 3.53. The molecule has 0 aliphatic carbocycles. The summed E-state index contributed by atoms with van der Waals surface area (Å²) in [5.74, 6) is -0.140. The highest BCUT2D eigenvalue weighted by Crippen LogP contribution is 2.42. The minimum Gasteiger partial charge on any atom is -0.507 e. The maximum Gasteiger partial charge on any atom is 0.295 e. The van der Waals surface area contributed by atoms with E-state index in [0.29, 0.717) is 31.1 Å². The molecule has 2 saturated heterocycles. The highest BCUT2D eigenvalue weighted by atomic mass is 16.5. The van der Waals surface area contributed by atoms with Crippen LogP contribution in [0.3, 0.4) is 0 Å². The number of hydrogen-bond acceptors (Lipinski definition) is 7. The lowest BCUT2D eigenvalue weighted by Crippen LogP contribution is -2.36. The summed E-state index contributed by atoms with van der Waals surface area (Å²) < 4.78 is 16.7. The van der Waals surface area contributed by atoms with E-state index >= 15 is 0 Å². The third-order valence-corrected chi connectivity index (χ3v) is 6.72. The zero-order valence-electron chi connectivity index (χ0n) is 19.3. The molecule has 0 bridgehead atoms. The average molecular weight is 465 g/mol. The molecule has 3 aliphatic heterocycles. The SMILES string of the molecule is COc1ccc(C2/C(=C(/O)c3ccc4c(c3)N(C)CCO4)C(=O)C(=O)N2CC2CCCO2)cc1. The molecule has 3 heterocycles. The van der Waals surface area contributed by atoms with Gasteiger partial charge in [0.15, 0.2) is 0 Å². The van der Waals surface area contributed by atoms with Gasteiger partial charge in [-0.15, -0.1) is 0 Å². The van der Waals surface area contributed by atoms with Crippen LogP contribution in [0.15, 0.2) is 48.0 Å². The highest BCUT2D eigenvalue weighted by molar-refractivity contribution is 6.46. The molecule has 34 heavy (non-hydrogen) atoms. The van der Waals surface area contributed by atoms with Gasteiger partial charge < -0.3 is 29.1 Å². The summed E-state index contributed by atoms with van der Waals surface area (Å²) in [5.41, 5.74) is 2.08. The quantitative estimate of drug-likeness (QED) is 0.413. The Morgan fingerprint density at radius 2 is 1.94 bits per heavy atom. The van der Waals surface area contributed by atoms with Crippen molar-refractivity contribution < 1.29 is 28.9 Å². The largest absolute Gasteiger partial charge is 0.507 e. The van der Waals surface area contributed by atoms with E-state index in [9.17, 15) is 14.7 Å². The Hall–Kier alpha value is -3.52. The van der Waals surface area contributed by atoms with Crippen LogP contribution in [-0.2, 0) is 14.3 Å². The van der Waals surface area contributed by atoms with Crippen LogP contribution in [0.25, 0.3) is 5.76 Å². The Labute approximate surface area is 198 Å². The molecule has 8 nitrogen and oxygen atoms in total. The molecule has 5 rings (SSSR count). The number of aliphatic hydroxyl groups excluding tert-OH is 1. The van der Waals surface area contributed by atoms with Crippen LogP contribution in [0.5, 0.6) is 11.5 Å². The predicted octanol–water partition coefficient (Wildman–Crippen LogP) is 3.12. The number of aliphatic hydroxyl groups is 1. The third-order valence-electron chi connectivity index (χ3n) is 6.72. The van der Waals surface area contributed by atoms with E-state index in [1.54, 1.807) is 37.4 Å². The van der Waals surface area contributed by atoms with Gasteiger partial charge in [-0.05, 0) is 48.7 Å². The number of hydrogen-bond donors (Lipinski definition) is 1. The number of fused-ring (bicyclic) bond motifs is 1. The number of nitrogens with zero attached hydrogens (tertiary/aromatic N) is 2. The number of methoxy groups -OCH3 is 1. The molecule has 0 aromatic heterocycles. The summed E-state index contributed by atoms with van der Waals surface area (Å²) in [6, 6.07) is 11.8. The third kappa shape index (κ3) is 3.88. The van der Waals surface area contributed by atoms with E-state index in [1.807, 2.05) is 24.1 Å². The second kappa shape index (κ2) is 9.02. The summed E-state index contributed by atoms with van der Waals surface area (Å²) in [4.78, 5) is 30.0. The van der Waals surface area contributed by atoms with Crippen molar-refractivity contribution in [2.45, 2.75) is 25.0 Å². The maximum absolute atomic E-state index is 13.3. The predicted molar refractivity (Wildman–Crippen MR) is 126 cm³/mol. The van der Waals surface area contributed by atoms with Gasteiger partial charge in [0.25, 0.3) is 11.7 Å². The zero-order valence-corrected chi connectivity index (χ0v) is 19.3. The molecule has 0 spiro atoms. The second-order valence-electron chi connectivity index (χ2n) is 8.81. The van der Waals surface area contributed by atoms with E-state index in [0.717, 1.165) is 36.4 Å². The summed E-state index contributed by atoms with van der Waals surface area (Å²) in [6.45, 7) is 2.24. The minimum absolute atomic E-state index is 0.0764. The second-order valence-corrected chi connectivity index (χ2v) is 8.81. The molecule has 1 N–H and O–H groups in total. The minimum atomic E-state index is -0.722. The van der Waals surface area contributed by atoms with Gasteiger partial charge in [-0.1, -0.05) is 12.1 Å². The molecule has 178 valence electrons. The number of Topliss-reactive ketones (excluding diaryl/α,β-unsaturated/α-hetero) is 1. The molecule has 2 aromatic rings. The van der Waals surface area contributed by atoms with E-state index in [4.69, 9.17) is 14.2 Å². The highest BCUT2D eigenvalue weighted by Gasteiger charge is 2.47. The molecule has 0 saturated carbocycles. The van der Waals surface area contributed by atoms with Crippen LogP contribution in [0, 0.1) is 0 Å². The number of ketones is 1. The lowest BCUT2D eigenvalue weighted by molar-refractivity contribution is -0.140. The number of carbonyl (C=O) groups excluding carboxylic acids is 2. The van der Waals surface area contributed by atoms with Gasteiger partial charge in [0, 0.05) is 25.8 Å². The normalized spacial score (nSPS) is 23.7. The topological polar surface area (TPSA) is 88.5 Å². The van der Waals surface area contributed by atoms with Crippen molar-refractivity contribution >= 4 is 23.1 Å². The van der Waals surface area contributed by atoms with Gasteiger partial charge in [0.05, 0.1) is 37.1 Å². The fourth-order valence-electron chi connectivity index (χ4n) is 4.86. The van der Waals surface area contributed by atoms with Crippen LogP contribution in [0.1, 0.15) is 30.0 Å². The molecular weight excluding hydrogens is 436 g/mol. The molecule has 2 aromatic carbocycles. The van der Waals surface area contributed by atoms with Crippen LogP contribution in [0.2, 0.25) is 0 Å². The van der Waals surface area contributed by atoms with E-state index in [-0.39, 0.29) is 17.4 Å². The zero-order chi connectivity index (χ0) is 23.8. The molecule has 2 unspecified atom stereocenters. The summed E-state index contributed by atoms with van der Waals surface area (Å²) in [6.07, 6.45) is 1.62. The van der Waals surface area contributed by atoms with Crippen LogP contribution < -0.4 is 14.4 Å². The first-order valence-corrected chi connectivity index (χ1v) is 11.5. The molecule has 0 radical (unpaired) electrons. The number of ether oxygens (including phenoxy) is 3. The Balaban J connectivity index is 1.60. The average Bonchev–Trinajstić information content (AvgIpc) is 3.46. The van der Waals surface area contributed by atoms with Crippen molar-refractivity contribution in [3.05, 3.63) is 59.2 Å². The molecular formula is C26H28N2O6. The number of carbonyl (C=O) groups is 2. The Kier molecular flexibility index (Phi) is 5.91. The van der Waals surface area contributed by atoms with Crippen LogP contribution >= 0.6 is 0 Å². The van der Waals surface area contributed by atoms with Gasteiger partial charge in [-0.25, -0.2) is 0 Å². The first-order valence-electron chi connectivity index (χ1n) is 11.5. The van der Waals surface area contributed by atoms with Crippen molar-refractivity contribution in [1.82, 2.24) is 4.90 Å². The van der Waals surface area contributed by atoms with Gasteiger partial charge in [-0.3, -0.25) is 9.59 Å². The standard InChI is InChI=1S/C26H28N2O6/c1-27-11-13-34-21-10-7-17(14-20(21)27)24(29)22-23(16-5-8-18(32-2)9-6-16)28(26(31)25(22)30)15-19-4-3-12-33-19/h5-10,14,19,23,29H,3-4,11-13,15H2,1-2H3/b24-22-. The number of likely N-dealkylation sites (N-methyl/N-ethyl adjacent to an activating group) is 1. The van der Waals surface area contributed by atoms with Crippen LogP contribution in [-0.4, -0.2) is 68.3 Å². The molecule has 3 aliphatic rings. The number of anilines is 1. The first kappa shape index (κ1) is 22.3. The van der Waals surface area contributed by atoms with E-state index in [2.05, 4.69) is 0 Å². The Morgan fingerprint density at radius 1 is 1.15 bits per heavy atom. The van der Waals surface area contributed by atoms with Crippen molar-refractivity contribution in [1.29, 1.82) is 0 Å². The number of benzene rings is 2. The van der Waals surface area contributed by atoms with Crippen molar-refractivity contribution in [2.75, 3.05) is 45.4 Å². The fraction of sp³-hybridized carbons (Fsp3) is 0.385. The van der Waals surface area contributed by atoms with E-state index < -0.39 is 17.7 Å². The van der Waals surface area contributed by atoms with Crippen molar-refractivity contribution in [3.63, 3.8) is 0 Å². The van der Waals surface area contributed by atoms with Gasteiger partial charge in [-0.2, -0.15) is 0 Å². The molecule has 2 atom stereocenters. The number of likely N-dealkylation sites (tertiary alicyclic amines) is 1. The lowest BCUT2D eigenvalue weighted by Gasteiger charge is -2.29. The lowest BCUT2D eigenvalue weighted by atomic mass is 9.94. The van der Waals surface area contributed by atoms with E-state index in [1.165, 1.54) is 4.90 Å². The number of rotatable bonds is 5. The molecule has 8 heteroatoms. The summed E-state index contributed by atoms with van der Waals surface area (Å²) >= 11 is 0.